The Morgan fingerprint density at radius 2 is 2.21 bits per heavy atom. The van der Waals surface area contributed by atoms with Gasteiger partial charge in [-0.2, -0.15) is 0 Å². The molecule has 0 amide bonds. The zero-order valence-corrected chi connectivity index (χ0v) is 8.26. The summed E-state index contributed by atoms with van der Waals surface area (Å²) < 4.78 is 11.0. The van der Waals surface area contributed by atoms with Crippen LogP contribution < -0.4 is 20.5 Å². The maximum absolute atomic E-state index is 5.77. The molecule has 74 valence electrons. The molecule has 1 aromatic carbocycles. The molecule has 0 saturated heterocycles. The Balaban J connectivity index is 2.11. The lowest BCUT2D eigenvalue weighted by Crippen LogP contribution is -2.22. The number of hydrogen-bond acceptors (Lipinski definition) is 5. The Kier molecular flexibility index (Phi) is 1.75. The summed E-state index contributed by atoms with van der Waals surface area (Å²) in [5, 5.41) is 3.16. The third-order valence-electron chi connectivity index (χ3n) is 2.21. The largest absolute Gasteiger partial charge is 0.486 e. The summed E-state index contributed by atoms with van der Waals surface area (Å²) in [5.41, 5.74) is 6.66. The smallest absolute Gasteiger partial charge is 0.185 e. The van der Waals surface area contributed by atoms with E-state index in [1.54, 1.807) is 11.8 Å². The molecule has 0 aliphatic carbocycles. The summed E-state index contributed by atoms with van der Waals surface area (Å²) in [6.07, 6.45) is 0. The number of hydrogen-bond donors (Lipinski definition) is 2. The van der Waals surface area contributed by atoms with E-state index in [1.807, 2.05) is 12.1 Å². The minimum Gasteiger partial charge on any atom is -0.486 e. The minimum absolute atomic E-state index is 0.0815. The van der Waals surface area contributed by atoms with Gasteiger partial charge in [-0.05, 0) is 12.1 Å². The second kappa shape index (κ2) is 2.96. The molecule has 0 aromatic heterocycles. The lowest BCUT2D eigenvalue weighted by atomic mass is 10.2. The van der Waals surface area contributed by atoms with Crippen molar-refractivity contribution in [3.05, 3.63) is 12.1 Å². The number of anilines is 1. The van der Waals surface area contributed by atoms with Gasteiger partial charge in [0.05, 0.1) is 5.69 Å². The fourth-order valence-corrected chi connectivity index (χ4v) is 2.51. The summed E-state index contributed by atoms with van der Waals surface area (Å²) >= 11 is 1.59. The van der Waals surface area contributed by atoms with Gasteiger partial charge in [-0.25, -0.2) is 0 Å². The summed E-state index contributed by atoms with van der Waals surface area (Å²) in [7, 11) is 0. The van der Waals surface area contributed by atoms with Gasteiger partial charge in [0.25, 0.3) is 0 Å². The molecule has 0 spiro atoms. The maximum atomic E-state index is 5.77. The van der Waals surface area contributed by atoms with E-state index in [-0.39, 0.29) is 5.50 Å². The molecule has 2 heterocycles. The van der Waals surface area contributed by atoms with Crippen LogP contribution in [0, 0.1) is 0 Å². The van der Waals surface area contributed by atoms with Gasteiger partial charge in [0.15, 0.2) is 11.5 Å². The molecule has 2 aliphatic rings. The van der Waals surface area contributed by atoms with E-state index in [4.69, 9.17) is 15.2 Å². The minimum atomic E-state index is -0.0815. The summed E-state index contributed by atoms with van der Waals surface area (Å²) in [4.78, 5) is 1.13. The summed E-state index contributed by atoms with van der Waals surface area (Å²) in [5.74, 6) is 1.60. The molecule has 3 rings (SSSR count). The molecule has 3 N–H and O–H groups in total. The lowest BCUT2D eigenvalue weighted by Gasteiger charge is -2.20. The predicted octanol–water partition coefficient (Wildman–Crippen LogP) is 1.22. The van der Waals surface area contributed by atoms with Gasteiger partial charge in [-0.3, -0.25) is 0 Å². The highest BCUT2D eigenvalue weighted by Gasteiger charge is 2.26. The van der Waals surface area contributed by atoms with Crippen molar-refractivity contribution in [2.24, 2.45) is 5.73 Å². The molecule has 1 aromatic rings. The van der Waals surface area contributed by atoms with E-state index in [9.17, 15) is 0 Å². The normalized spacial score (nSPS) is 22.8. The molecule has 0 bridgehead atoms. The van der Waals surface area contributed by atoms with Crippen molar-refractivity contribution >= 4 is 17.4 Å². The Hall–Kier alpha value is -1.07. The number of nitrogens with two attached hydrogens (primary N) is 1. The SMILES string of the molecule is NC1Nc2c(ccc3c2OCCO3)S1. The molecule has 0 radical (unpaired) electrons. The number of nitrogens with one attached hydrogen (secondary N) is 1. The highest BCUT2D eigenvalue weighted by Crippen LogP contribution is 2.48. The van der Waals surface area contributed by atoms with Crippen molar-refractivity contribution in [3.63, 3.8) is 0 Å². The van der Waals surface area contributed by atoms with Crippen molar-refractivity contribution in [2.75, 3.05) is 18.5 Å². The van der Waals surface area contributed by atoms with Crippen LogP contribution in [0.5, 0.6) is 11.5 Å². The highest BCUT2D eigenvalue weighted by atomic mass is 32.2. The zero-order valence-electron chi connectivity index (χ0n) is 7.45. The average molecular weight is 210 g/mol. The Morgan fingerprint density at radius 1 is 1.36 bits per heavy atom. The quantitative estimate of drug-likeness (QED) is 0.674. The molecule has 1 atom stereocenters. The maximum Gasteiger partial charge on any atom is 0.185 e. The number of thioether (sulfide) groups is 1. The van der Waals surface area contributed by atoms with Crippen LogP contribution in [0.15, 0.2) is 17.0 Å². The van der Waals surface area contributed by atoms with Crippen LogP contribution in [0.3, 0.4) is 0 Å². The second-order valence-electron chi connectivity index (χ2n) is 3.15. The highest BCUT2D eigenvalue weighted by molar-refractivity contribution is 8.00. The van der Waals surface area contributed by atoms with E-state index in [2.05, 4.69) is 5.32 Å². The van der Waals surface area contributed by atoms with E-state index in [0.29, 0.717) is 13.2 Å². The van der Waals surface area contributed by atoms with E-state index >= 15 is 0 Å². The van der Waals surface area contributed by atoms with Crippen LogP contribution in [0.2, 0.25) is 0 Å². The van der Waals surface area contributed by atoms with Crippen LogP contribution in [0.25, 0.3) is 0 Å². The number of ether oxygens (including phenoxy) is 2. The molecular formula is C9H10N2O2S. The second-order valence-corrected chi connectivity index (χ2v) is 4.33. The molecule has 0 fully saturated rings. The molecule has 5 heteroatoms. The first-order valence-corrected chi connectivity index (χ1v) is 5.34. The standard InChI is InChI=1S/C9H10N2O2S/c10-9-11-7-6(14-9)2-1-5-8(7)13-4-3-12-5/h1-2,9,11H,3-4,10H2. The van der Waals surface area contributed by atoms with Crippen LogP contribution in [-0.4, -0.2) is 18.7 Å². The predicted molar refractivity (Wildman–Crippen MR) is 54.9 cm³/mol. The van der Waals surface area contributed by atoms with Crippen molar-refractivity contribution < 1.29 is 9.47 Å². The fourth-order valence-electron chi connectivity index (χ4n) is 1.64. The van der Waals surface area contributed by atoms with Crippen LogP contribution in [0.4, 0.5) is 5.69 Å². The number of benzene rings is 1. The Labute approximate surface area is 85.8 Å². The van der Waals surface area contributed by atoms with Gasteiger partial charge < -0.3 is 20.5 Å². The van der Waals surface area contributed by atoms with E-state index in [0.717, 1.165) is 22.1 Å². The first-order chi connectivity index (χ1) is 6.84. The molecule has 14 heavy (non-hydrogen) atoms. The average Bonchev–Trinajstić information content (AvgIpc) is 2.59. The lowest BCUT2D eigenvalue weighted by molar-refractivity contribution is 0.172. The fraction of sp³-hybridized carbons (Fsp3) is 0.333. The van der Waals surface area contributed by atoms with Gasteiger partial charge in [0.1, 0.15) is 18.7 Å². The summed E-state index contributed by atoms with van der Waals surface area (Å²) in [6.45, 7) is 1.22. The van der Waals surface area contributed by atoms with Crippen LogP contribution >= 0.6 is 11.8 Å². The first-order valence-electron chi connectivity index (χ1n) is 4.46. The Morgan fingerprint density at radius 3 is 3.14 bits per heavy atom. The zero-order chi connectivity index (χ0) is 9.54. The van der Waals surface area contributed by atoms with Crippen LogP contribution in [-0.2, 0) is 0 Å². The van der Waals surface area contributed by atoms with Crippen molar-refractivity contribution in [2.45, 2.75) is 10.4 Å². The third-order valence-corrected chi connectivity index (χ3v) is 3.18. The topological polar surface area (TPSA) is 56.5 Å². The molecule has 1 unspecified atom stereocenters. The Bertz CT molecular complexity index is 383. The first kappa shape index (κ1) is 8.26. The molecule has 2 aliphatic heterocycles. The van der Waals surface area contributed by atoms with Crippen LogP contribution in [0.1, 0.15) is 0 Å². The molecular weight excluding hydrogens is 200 g/mol. The summed E-state index contributed by atoms with van der Waals surface area (Å²) in [6, 6.07) is 3.94. The van der Waals surface area contributed by atoms with Gasteiger partial charge in [-0.1, -0.05) is 11.8 Å². The number of rotatable bonds is 0. The number of fused-ring (bicyclic) bond motifs is 3. The van der Waals surface area contributed by atoms with E-state index < -0.39 is 0 Å². The molecule has 0 saturated carbocycles. The van der Waals surface area contributed by atoms with Gasteiger partial charge in [0, 0.05) is 4.90 Å². The monoisotopic (exact) mass is 210 g/mol. The van der Waals surface area contributed by atoms with E-state index in [1.165, 1.54) is 0 Å². The third kappa shape index (κ3) is 1.13. The van der Waals surface area contributed by atoms with Crippen molar-refractivity contribution in [1.29, 1.82) is 0 Å². The van der Waals surface area contributed by atoms with Crippen molar-refractivity contribution in [1.82, 2.24) is 0 Å². The van der Waals surface area contributed by atoms with Gasteiger partial charge >= 0.3 is 0 Å². The molecule has 4 nitrogen and oxygen atoms in total. The van der Waals surface area contributed by atoms with Crippen molar-refractivity contribution in [3.8, 4) is 11.5 Å². The van der Waals surface area contributed by atoms with Gasteiger partial charge in [-0.15, -0.1) is 0 Å². The van der Waals surface area contributed by atoms with Gasteiger partial charge in [0.2, 0.25) is 0 Å².